The summed E-state index contributed by atoms with van der Waals surface area (Å²) in [5.74, 6) is -1.17. The van der Waals surface area contributed by atoms with Crippen molar-refractivity contribution in [1.82, 2.24) is 4.31 Å². The molecule has 8 heteroatoms. The topological polar surface area (TPSA) is 55.8 Å². The zero-order chi connectivity index (χ0) is 18.9. The van der Waals surface area contributed by atoms with Gasteiger partial charge in [-0.15, -0.1) is 0 Å². The summed E-state index contributed by atoms with van der Waals surface area (Å²) in [6, 6.07) is 7.49. The number of rotatable bonds is 5. The predicted molar refractivity (Wildman–Crippen MR) is 91.8 cm³/mol. The summed E-state index contributed by atoms with van der Waals surface area (Å²) in [4.78, 5) is -0.922. The van der Waals surface area contributed by atoms with Gasteiger partial charge in [0.1, 0.15) is 23.1 Å². The van der Waals surface area contributed by atoms with E-state index in [1.54, 1.807) is 18.2 Å². The molecule has 0 spiro atoms. The highest BCUT2D eigenvalue weighted by Gasteiger charge is 2.40. The van der Waals surface area contributed by atoms with E-state index in [0.29, 0.717) is 29.9 Å². The highest BCUT2D eigenvalue weighted by molar-refractivity contribution is 7.89. The van der Waals surface area contributed by atoms with Crippen molar-refractivity contribution in [3.63, 3.8) is 0 Å². The second-order valence-corrected chi connectivity index (χ2v) is 7.76. The summed E-state index contributed by atoms with van der Waals surface area (Å²) in [5.41, 5.74) is 0.602. The Balaban J connectivity index is 2.09. The van der Waals surface area contributed by atoms with Crippen LogP contribution >= 0.6 is 0 Å². The van der Waals surface area contributed by atoms with Crippen LogP contribution in [0, 0.1) is 11.6 Å². The van der Waals surface area contributed by atoms with Gasteiger partial charge >= 0.3 is 0 Å². The molecule has 0 bridgehead atoms. The summed E-state index contributed by atoms with van der Waals surface area (Å²) < 4.78 is 65.9. The number of methoxy groups -OCH3 is 2. The Kier molecular flexibility index (Phi) is 5.15. The van der Waals surface area contributed by atoms with Crippen LogP contribution in [0.2, 0.25) is 0 Å². The molecule has 1 unspecified atom stereocenters. The highest BCUT2D eigenvalue weighted by atomic mass is 32.2. The second-order valence-electron chi connectivity index (χ2n) is 5.93. The Bertz CT molecular complexity index is 897. The first-order valence-electron chi connectivity index (χ1n) is 8.08. The van der Waals surface area contributed by atoms with E-state index in [-0.39, 0.29) is 6.54 Å². The highest BCUT2D eigenvalue weighted by Crippen LogP contribution is 2.42. The fourth-order valence-electron chi connectivity index (χ4n) is 3.28. The molecule has 0 amide bonds. The van der Waals surface area contributed by atoms with Crippen LogP contribution in [0.3, 0.4) is 0 Å². The Morgan fingerprint density at radius 3 is 2.38 bits per heavy atom. The second kappa shape index (κ2) is 7.20. The van der Waals surface area contributed by atoms with E-state index in [1.807, 2.05) is 0 Å². The minimum Gasteiger partial charge on any atom is -0.497 e. The molecule has 1 saturated heterocycles. The fraction of sp³-hybridized carbons (Fsp3) is 0.333. The lowest BCUT2D eigenvalue weighted by molar-refractivity contribution is 0.359. The maximum absolute atomic E-state index is 14.1. The van der Waals surface area contributed by atoms with Crippen LogP contribution in [0.15, 0.2) is 41.3 Å². The van der Waals surface area contributed by atoms with Gasteiger partial charge in [0, 0.05) is 12.1 Å². The number of sulfonamides is 1. The van der Waals surface area contributed by atoms with Crippen molar-refractivity contribution in [2.24, 2.45) is 0 Å². The first-order chi connectivity index (χ1) is 12.4. The summed E-state index contributed by atoms with van der Waals surface area (Å²) in [6.07, 6.45) is 1.08. The first-order valence-corrected chi connectivity index (χ1v) is 9.52. The molecule has 2 aromatic carbocycles. The zero-order valence-electron chi connectivity index (χ0n) is 14.4. The summed E-state index contributed by atoms with van der Waals surface area (Å²) >= 11 is 0. The van der Waals surface area contributed by atoms with E-state index in [0.717, 1.165) is 22.5 Å². The molecule has 1 fully saturated rings. The first kappa shape index (κ1) is 18.6. The SMILES string of the molecule is COc1ccc(OC)c(C2CCCN2S(=O)(=O)c2c(F)cccc2F)c1. The number of nitrogens with zero attached hydrogens (tertiary/aromatic N) is 1. The maximum Gasteiger partial charge on any atom is 0.249 e. The van der Waals surface area contributed by atoms with Crippen molar-refractivity contribution in [2.45, 2.75) is 23.8 Å². The third kappa shape index (κ3) is 3.14. The van der Waals surface area contributed by atoms with E-state index in [4.69, 9.17) is 9.47 Å². The molecular weight excluding hydrogens is 364 g/mol. The molecule has 5 nitrogen and oxygen atoms in total. The molecule has 1 heterocycles. The van der Waals surface area contributed by atoms with Crippen molar-refractivity contribution in [1.29, 1.82) is 0 Å². The smallest absolute Gasteiger partial charge is 0.249 e. The summed E-state index contributed by atoms with van der Waals surface area (Å²) in [6.45, 7) is 0.168. The van der Waals surface area contributed by atoms with Gasteiger partial charge in [0.25, 0.3) is 0 Å². The average molecular weight is 383 g/mol. The van der Waals surface area contributed by atoms with Crippen LogP contribution in [-0.2, 0) is 10.0 Å². The number of benzene rings is 2. The van der Waals surface area contributed by atoms with Crippen molar-refractivity contribution >= 4 is 10.0 Å². The lowest BCUT2D eigenvalue weighted by Gasteiger charge is -2.26. The molecule has 0 saturated carbocycles. The van der Waals surface area contributed by atoms with Crippen molar-refractivity contribution in [3.8, 4) is 11.5 Å². The molecule has 0 N–H and O–H groups in total. The van der Waals surface area contributed by atoms with Gasteiger partial charge in [0.15, 0.2) is 4.90 Å². The van der Waals surface area contributed by atoms with Crippen molar-refractivity contribution < 1.29 is 26.7 Å². The molecule has 26 heavy (non-hydrogen) atoms. The van der Waals surface area contributed by atoms with Gasteiger partial charge in [-0.05, 0) is 43.2 Å². The van der Waals surface area contributed by atoms with Gasteiger partial charge in [-0.25, -0.2) is 17.2 Å². The lowest BCUT2D eigenvalue weighted by Crippen LogP contribution is -2.32. The zero-order valence-corrected chi connectivity index (χ0v) is 15.2. The summed E-state index contributed by atoms with van der Waals surface area (Å²) in [7, 11) is -1.37. The standard InChI is InChI=1S/C18H19F2NO4S/c1-24-12-8-9-17(25-2)13(11-12)16-7-4-10-21(16)26(22,23)18-14(19)5-3-6-15(18)20/h3,5-6,8-9,11,16H,4,7,10H2,1-2H3. The molecular formula is C18H19F2NO4S. The molecule has 140 valence electrons. The molecule has 1 atom stereocenters. The largest absolute Gasteiger partial charge is 0.497 e. The normalized spacial score (nSPS) is 18.1. The van der Waals surface area contributed by atoms with Crippen molar-refractivity contribution in [3.05, 3.63) is 53.6 Å². The van der Waals surface area contributed by atoms with E-state index in [1.165, 1.54) is 14.2 Å². The monoisotopic (exact) mass is 383 g/mol. The van der Waals surface area contributed by atoms with Crippen LogP contribution in [0.5, 0.6) is 11.5 Å². The van der Waals surface area contributed by atoms with Gasteiger partial charge in [0.2, 0.25) is 10.0 Å². The molecule has 0 aliphatic carbocycles. The van der Waals surface area contributed by atoms with Crippen LogP contribution in [0.4, 0.5) is 8.78 Å². The van der Waals surface area contributed by atoms with Gasteiger partial charge in [-0.2, -0.15) is 4.31 Å². The molecule has 3 rings (SSSR count). The Labute approximate surface area is 151 Å². The van der Waals surface area contributed by atoms with Gasteiger partial charge in [-0.1, -0.05) is 6.07 Å². The predicted octanol–water partition coefficient (Wildman–Crippen LogP) is 3.51. The Morgan fingerprint density at radius 2 is 1.77 bits per heavy atom. The number of ether oxygens (including phenoxy) is 2. The fourth-order valence-corrected chi connectivity index (χ4v) is 5.07. The molecule has 2 aromatic rings. The molecule has 1 aliphatic rings. The van der Waals surface area contributed by atoms with Crippen LogP contribution in [0.25, 0.3) is 0 Å². The molecule has 1 aliphatic heterocycles. The average Bonchev–Trinajstić information content (AvgIpc) is 3.11. The molecule has 0 aromatic heterocycles. The third-order valence-electron chi connectivity index (χ3n) is 4.49. The van der Waals surface area contributed by atoms with Crippen LogP contribution in [-0.4, -0.2) is 33.5 Å². The van der Waals surface area contributed by atoms with E-state index in [9.17, 15) is 17.2 Å². The summed E-state index contributed by atoms with van der Waals surface area (Å²) in [5, 5.41) is 0. The lowest BCUT2D eigenvalue weighted by atomic mass is 10.0. The Hall–Kier alpha value is -2.19. The van der Waals surface area contributed by atoms with Crippen LogP contribution in [0.1, 0.15) is 24.4 Å². The van der Waals surface area contributed by atoms with Gasteiger partial charge in [0.05, 0.1) is 20.3 Å². The van der Waals surface area contributed by atoms with Gasteiger partial charge < -0.3 is 9.47 Å². The number of hydrogen-bond donors (Lipinski definition) is 0. The minimum atomic E-state index is -4.35. The number of halogens is 2. The van der Waals surface area contributed by atoms with E-state index >= 15 is 0 Å². The maximum atomic E-state index is 14.1. The molecule has 0 radical (unpaired) electrons. The van der Waals surface area contributed by atoms with E-state index in [2.05, 4.69) is 0 Å². The van der Waals surface area contributed by atoms with Crippen molar-refractivity contribution in [2.75, 3.05) is 20.8 Å². The quantitative estimate of drug-likeness (QED) is 0.793. The third-order valence-corrected chi connectivity index (χ3v) is 6.45. The number of hydrogen-bond acceptors (Lipinski definition) is 4. The van der Waals surface area contributed by atoms with E-state index < -0.39 is 32.6 Å². The van der Waals surface area contributed by atoms with Gasteiger partial charge in [-0.3, -0.25) is 0 Å². The van der Waals surface area contributed by atoms with Crippen LogP contribution < -0.4 is 9.47 Å². The minimum absolute atomic E-state index is 0.168. The Morgan fingerprint density at radius 1 is 1.08 bits per heavy atom.